The first-order valence-corrected chi connectivity index (χ1v) is 12.8. The molecule has 6 nitrogen and oxygen atoms in total. The van der Waals surface area contributed by atoms with E-state index >= 15 is 0 Å². The minimum atomic E-state index is -0.993. The van der Waals surface area contributed by atoms with Gasteiger partial charge < -0.3 is 23.9 Å². The number of carboxylic acids is 1. The molecule has 0 fully saturated rings. The third-order valence-corrected chi connectivity index (χ3v) is 7.17. The molecule has 4 aromatic carbocycles. The van der Waals surface area contributed by atoms with Gasteiger partial charge in [-0.2, -0.15) is 0 Å². The molecule has 0 aliphatic heterocycles. The summed E-state index contributed by atoms with van der Waals surface area (Å²) in [5.41, 5.74) is 5.27. The fourth-order valence-electron chi connectivity index (χ4n) is 4.97. The molecule has 5 rings (SSSR count). The predicted octanol–water partition coefficient (Wildman–Crippen LogP) is 7.25. The van der Waals surface area contributed by atoms with Crippen molar-refractivity contribution in [2.45, 2.75) is 12.5 Å². The van der Waals surface area contributed by atoms with E-state index in [0.29, 0.717) is 17.2 Å². The molecule has 198 valence electrons. The van der Waals surface area contributed by atoms with E-state index in [1.807, 2.05) is 48.5 Å². The Balaban J connectivity index is 1.68. The van der Waals surface area contributed by atoms with Crippen molar-refractivity contribution in [3.05, 3.63) is 124 Å². The second-order valence-electron chi connectivity index (χ2n) is 9.18. The molecular formula is C32H28ClNO5. The number of carbonyl (C=O) groups is 1. The average Bonchev–Trinajstić information content (AvgIpc) is 3.30. The van der Waals surface area contributed by atoms with Gasteiger partial charge in [-0.25, -0.2) is 4.79 Å². The molecule has 0 amide bonds. The van der Waals surface area contributed by atoms with Crippen molar-refractivity contribution < 1.29 is 24.1 Å². The van der Waals surface area contributed by atoms with Crippen LogP contribution in [0.1, 0.15) is 38.7 Å². The lowest BCUT2D eigenvalue weighted by Gasteiger charge is -2.22. The van der Waals surface area contributed by atoms with Gasteiger partial charge in [-0.05, 0) is 70.8 Å². The number of nitrogens with zero attached hydrogens (tertiary/aromatic N) is 1. The normalized spacial score (nSPS) is 11.1. The fourth-order valence-corrected chi connectivity index (χ4v) is 5.13. The van der Waals surface area contributed by atoms with Crippen molar-refractivity contribution in [3.63, 3.8) is 0 Å². The van der Waals surface area contributed by atoms with Gasteiger partial charge in [0, 0.05) is 23.0 Å². The molecule has 0 radical (unpaired) electrons. The second-order valence-corrected chi connectivity index (χ2v) is 9.62. The highest BCUT2D eigenvalue weighted by molar-refractivity contribution is 6.31. The number of hydrogen-bond donors (Lipinski definition) is 1. The number of hydrogen-bond acceptors (Lipinski definition) is 4. The Hall–Kier alpha value is -4.42. The number of halogens is 1. The van der Waals surface area contributed by atoms with E-state index in [1.54, 1.807) is 33.5 Å². The molecule has 0 unspecified atom stereocenters. The topological polar surface area (TPSA) is 69.9 Å². The molecule has 5 aromatic rings. The molecule has 0 aliphatic rings. The van der Waals surface area contributed by atoms with E-state index < -0.39 is 5.97 Å². The molecule has 1 N–H and O–H groups in total. The number of fused-ring (bicyclic) bond motifs is 1. The number of ether oxygens (including phenoxy) is 3. The smallest absolute Gasteiger partial charge is 0.335 e. The van der Waals surface area contributed by atoms with Crippen LogP contribution in [0.15, 0.2) is 91.1 Å². The van der Waals surface area contributed by atoms with Crippen LogP contribution in [0.3, 0.4) is 0 Å². The molecule has 0 spiro atoms. The molecular weight excluding hydrogens is 514 g/mol. The predicted molar refractivity (Wildman–Crippen MR) is 153 cm³/mol. The zero-order valence-corrected chi connectivity index (χ0v) is 22.6. The van der Waals surface area contributed by atoms with Gasteiger partial charge in [0.05, 0.1) is 38.5 Å². The highest BCUT2D eigenvalue weighted by atomic mass is 35.5. The van der Waals surface area contributed by atoms with E-state index in [2.05, 4.69) is 35.0 Å². The zero-order valence-electron chi connectivity index (χ0n) is 21.9. The highest BCUT2D eigenvalue weighted by Crippen LogP contribution is 2.37. The average molecular weight is 542 g/mol. The van der Waals surface area contributed by atoms with E-state index in [1.165, 1.54) is 0 Å². The van der Waals surface area contributed by atoms with Crippen LogP contribution >= 0.6 is 11.6 Å². The van der Waals surface area contributed by atoms with Crippen LogP contribution in [0.2, 0.25) is 5.02 Å². The quantitative estimate of drug-likeness (QED) is 0.213. The van der Waals surface area contributed by atoms with E-state index in [4.69, 9.17) is 25.8 Å². The van der Waals surface area contributed by atoms with Gasteiger partial charge in [0.1, 0.15) is 17.2 Å². The molecule has 0 saturated carbocycles. The Morgan fingerprint density at radius 1 is 0.795 bits per heavy atom. The number of benzene rings is 4. The molecule has 39 heavy (non-hydrogen) atoms. The summed E-state index contributed by atoms with van der Waals surface area (Å²) in [7, 11) is 4.86. The van der Waals surface area contributed by atoms with Crippen molar-refractivity contribution in [2.75, 3.05) is 21.3 Å². The summed E-state index contributed by atoms with van der Waals surface area (Å²) in [5.74, 6) is 1.11. The lowest BCUT2D eigenvalue weighted by molar-refractivity contribution is 0.0696. The van der Waals surface area contributed by atoms with Crippen LogP contribution in [-0.4, -0.2) is 37.0 Å². The first-order valence-electron chi connectivity index (χ1n) is 12.4. The van der Waals surface area contributed by atoms with Crippen LogP contribution in [0.25, 0.3) is 10.9 Å². The Bertz CT molecular complexity index is 1580. The van der Waals surface area contributed by atoms with Crippen molar-refractivity contribution in [1.82, 2.24) is 4.57 Å². The monoisotopic (exact) mass is 541 g/mol. The Labute approximate surface area is 231 Å². The van der Waals surface area contributed by atoms with Crippen LogP contribution < -0.4 is 14.2 Å². The van der Waals surface area contributed by atoms with Gasteiger partial charge in [0.25, 0.3) is 0 Å². The van der Waals surface area contributed by atoms with Crippen molar-refractivity contribution in [3.8, 4) is 17.2 Å². The first kappa shape index (κ1) is 26.2. The van der Waals surface area contributed by atoms with E-state index in [0.717, 1.165) is 44.7 Å². The lowest BCUT2D eigenvalue weighted by Crippen LogP contribution is -2.11. The summed E-state index contributed by atoms with van der Waals surface area (Å²) in [5, 5.41) is 11.1. The number of aromatic carboxylic acids is 1. The van der Waals surface area contributed by atoms with E-state index in [9.17, 15) is 9.90 Å². The summed E-state index contributed by atoms with van der Waals surface area (Å²) >= 11 is 6.51. The van der Waals surface area contributed by atoms with Gasteiger partial charge in [-0.1, -0.05) is 48.0 Å². The number of methoxy groups -OCH3 is 3. The Morgan fingerprint density at radius 3 is 1.95 bits per heavy atom. The third-order valence-electron chi connectivity index (χ3n) is 6.94. The number of aromatic nitrogens is 1. The summed E-state index contributed by atoms with van der Waals surface area (Å²) in [6.45, 7) is 0. The summed E-state index contributed by atoms with van der Waals surface area (Å²) in [6.07, 6.45) is 2.69. The molecule has 0 atom stereocenters. The van der Waals surface area contributed by atoms with Gasteiger partial charge in [0.15, 0.2) is 0 Å². The van der Waals surface area contributed by atoms with Gasteiger partial charge in [0.2, 0.25) is 0 Å². The second kappa shape index (κ2) is 11.1. The molecule has 0 aliphatic carbocycles. The SMILES string of the molecule is COc1ccc(C(c2ccc(OC)cc2)n2cc(Cc3ccc(C(=O)O)cc3OC)c3ccc(Cl)cc32)cc1. The molecule has 0 saturated heterocycles. The Morgan fingerprint density at radius 2 is 1.41 bits per heavy atom. The number of carboxylic acid groups (broad SMARTS) is 1. The van der Waals surface area contributed by atoms with Crippen LogP contribution in [-0.2, 0) is 6.42 Å². The van der Waals surface area contributed by atoms with Gasteiger partial charge >= 0.3 is 5.97 Å². The highest BCUT2D eigenvalue weighted by Gasteiger charge is 2.22. The van der Waals surface area contributed by atoms with Crippen LogP contribution in [0.4, 0.5) is 0 Å². The largest absolute Gasteiger partial charge is 0.497 e. The van der Waals surface area contributed by atoms with Gasteiger partial charge in [-0.3, -0.25) is 0 Å². The van der Waals surface area contributed by atoms with Crippen molar-refractivity contribution in [1.29, 1.82) is 0 Å². The third kappa shape index (κ3) is 5.29. The van der Waals surface area contributed by atoms with E-state index in [-0.39, 0.29) is 11.6 Å². The number of rotatable bonds is 9. The lowest BCUT2D eigenvalue weighted by atomic mass is 9.98. The maximum Gasteiger partial charge on any atom is 0.335 e. The summed E-state index contributed by atoms with van der Waals surface area (Å²) in [6, 6.07) is 26.8. The Kier molecular flexibility index (Phi) is 7.48. The standard InChI is InChI=1S/C32H28ClNO5/c1-37-26-11-6-20(7-12-26)31(21-8-13-27(38-2)14-9-21)34-19-24(28-15-10-25(33)18-29(28)34)16-22-4-5-23(32(35)36)17-30(22)39-3/h4-15,17-19,31H,16H2,1-3H3,(H,35,36). The first-order chi connectivity index (χ1) is 18.9. The molecule has 0 bridgehead atoms. The van der Waals surface area contributed by atoms with Crippen molar-refractivity contribution in [2.24, 2.45) is 0 Å². The maximum atomic E-state index is 11.5. The minimum Gasteiger partial charge on any atom is -0.497 e. The molecule has 7 heteroatoms. The van der Waals surface area contributed by atoms with Crippen LogP contribution in [0.5, 0.6) is 17.2 Å². The van der Waals surface area contributed by atoms with Gasteiger partial charge in [-0.15, -0.1) is 0 Å². The maximum absolute atomic E-state index is 11.5. The molecule has 1 heterocycles. The minimum absolute atomic E-state index is 0.159. The summed E-state index contributed by atoms with van der Waals surface area (Å²) < 4.78 is 18.6. The molecule has 1 aromatic heterocycles. The summed E-state index contributed by atoms with van der Waals surface area (Å²) in [4.78, 5) is 11.5. The zero-order chi connectivity index (χ0) is 27.5. The van der Waals surface area contributed by atoms with Crippen molar-refractivity contribution >= 4 is 28.5 Å². The fraction of sp³-hybridized carbons (Fsp3) is 0.156. The van der Waals surface area contributed by atoms with Crippen LogP contribution in [0, 0.1) is 0 Å².